The molecule has 1 saturated heterocycles. The van der Waals surface area contributed by atoms with E-state index in [1.165, 1.54) is 0 Å². The molecule has 2 aromatic carbocycles. The van der Waals surface area contributed by atoms with Crippen LogP contribution in [0.3, 0.4) is 0 Å². The summed E-state index contributed by atoms with van der Waals surface area (Å²) in [5.41, 5.74) is 2.12. The molecule has 7 heteroatoms. The second-order valence-corrected chi connectivity index (χ2v) is 7.53. The van der Waals surface area contributed by atoms with Crippen LogP contribution >= 0.6 is 11.8 Å². The van der Waals surface area contributed by atoms with Crippen molar-refractivity contribution in [2.75, 3.05) is 19.2 Å². The summed E-state index contributed by atoms with van der Waals surface area (Å²) in [5, 5.41) is 9.66. The molecule has 0 unspecified atom stereocenters. The first-order chi connectivity index (χ1) is 13.8. The van der Waals surface area contributed by atoms with Crippen LogP contribution in [0.25, 0.3) is 5.69 Å². The van der Waals surface area contributed by atoms with Crippen LogP contribution < -0.4 is 4.74 Å². The number of thioether (sulfide) groups is 1. The lowest BCUT2D eigenvalue weighted by Crippen LogP contribution is -2.25. The summed E-state index contributed by atoms with van der Waals surface area (Å²) in [5.74, 6) is 2.44. The molecule has 0 N–H and O–H groups in total. The normalized spacial score (nSPS) is 16.8. The molecular formula is C21H23N3O3S. The number of benzene rings is 2. The van der Waals surface area contributed by atoms with Gasteiger partial charge in [0, 0.05) is 11.4 Å². The van der Waals surface area contributed by atoms with Crippen molar-refractivity contribution in [3.63, 3.8) is 0 Å². The van der Waals surface area contributed by atoms with Crippen LogP contribution in [0.15, 0.2) is 59.8 Å². The second kappa shape index (κ2) is 9.23. The van der Waals surface area contributed by atoms with Crippen molar-refractivity contribution in [3.8, 4) is 11.4 Å². The lowest BCUT2D eigenvalue weighted by atomic mass is 10.2. The molecule has 0 amide bonds. The second-order valence-electron chi connectivity index (χ2n) is 6.54. The molecule has 1 aliphatic heterocycles. The monoisotopic (exact) mass is 397 g/mol. The van der Waals surface area contributed by atoms with Gasteiger partial charge in [-0.15, -0.1) is 10.2 Å². The minimum absolute atomic E-state index is 0.173. The number of hydrogen-bond acceptors (Lipinski definition) is 6. The van der Waals surface area contributed by atoms with E-state index in [-0.39, 0.29) is 6.10 Å². The van der Waals surface area contributed by atoms with Crippen molar-refractivity contribution in [2.24, 2.45) is 0 Å². The van der Waals surface area contributed by atoms with Gasteiger partial charge in [-0.05, 0) is 37.1 Å². The van der Waals surface area contributed by atoms with Gasteiger partial charge in [0.25, 0.3) is 0 Å². The van der Waals surface area contributed by atoms with E-state index in [1.54, 1.807) is 11.8 Å². The van der Waals surface area contributed by atoms with Crippen LogP contribution in [0, 0.1) is 6.92 Å². The highest BCUT2D eigenvalue weighted by atomic mass is 32.2. The first-order valence-corrected chi connectivity index (χ1v) is 10.3. The predicted octanol–water partition coefficient (Wildman–Crippen LogP) is 4.01. The highest BCUT2D eigenvalue weighted by Gasteiger charge is 2.19. The van der Waals surface area contributed by atoms with Crippen LogP contribution in [0.4, 0.5) is 0 Å². The fourth-order valence-corrected chi connectivity index (χ4v) is 4.02. The Labute approximate surface area is 168 Å². The third-order valence-electron chi connectivity index (χ3n) is 4.53. The standard InChI is InChI=1S/C21H23N3O3S/c1-16-7-5-6-10-19(16)26-13-20-22-23-21(24(20)17-8-3-2-4-9-17)28-14-18-11-12-25-15-27-18/h2-10,18H,11-15H2,1H3/t18-/m1/s1. The molecule has 1 aromatic heterocycles. The molecule has 0 bridgehead atoms. The summed E-state index contributed by atoms with van der Waals surface area (Å²) < 4.78 is 19.0. The number of nitrogens with zero attached hydrogens (tertiary/aromatic N) is 3. The molecular weight excluding hydrogens is 374 g/mol. The molecule has 3 aromatic rings. The van der Waals surface area contributed by atoms with Crippen molar-refractivity contribution in [1.82, 2.24) is 14.8 Å². The van der Waals surface area contributed by atoms with Crippen LogP contribution in [0.1, 0.15) is 17.8 Å². The Balaban J connectivity index is 1.54. The van der Waals surface area contributed by atoms with E-state index >= 15 is 0 Å². The lowest BCUT2D eigenvalue weighted by Gasteiger charge is -2.22. The molecule has 0 saturated carbocycles. The summed E-state index contributed by atoms with van der Waals surface area (Å²) >= 11 is 1.65. The van der Waals surface area contributed by atoms with Crippen molar-refractivity contribution in [2.45, 2.75) is 31.2 Å². The molecule has 1 atom stereocenters. The topological polar surface area (TPSA) is 58.4 Å². The van der Waals surface area contributed by atoms with Crippen LogP contribution in [0.5, 0.6) is 5.75 Å². The number of aromatic nitrogens is 3. The fourth-order valence-electron chi connectivity index (χ4n) is 2.98. The van der Waals surface area contributed by atoms with Gasteiger partial charge in [-0.25, -0.2) is 0 Å². The van der Waals surface area contributed by atoms with Gasteiger partial charge in [0.1, 0.15) is 19.1 Å². The maximum absolute atomic E-state index is 6.02. The van der Waals surface area contributed by atoms with E-state index in [9.17, 15) is 0 Å². The third-order valence-corrected chi connectivity index (χ3v) is 5.60. The minimum Gasteiger partial charge on any atom is -0.485 e. The molecule has 0 spiro atoms. The van der Waals surface area contributed by atoms with E-state index in [0.717, 1.165) is 46.8 Å². The Morgan fingerprint density at radius 1 is 1.11 bits per heavy atom. The maximum atomic E-state index is 6.02. The summed E-state index contributed by atoms with van der Waals surface area (Å²) in [6, 6.07) is 18.1. The van der Waals surface area contributed by atoms with Gasteiger partial charge in [-0.1, -0.05) is 48.2 Å². The summed E-state index contributed by atoms with van der Waals surface area (Å²) in [6.07, 6.45) is 1.07. The number of para-hydroxylation sites is 2. The molecule has 2 heterocycles. The highest BCUT2D eigenvalue weighted by molar-refractivity contribution is 7.99. The Morgan fingerprint density at radius 2 is 1.93 bits per heavy atom. The van der Waals surface area contributed by atoms with Gasteiger partial charge in [-0.2, -0.15) is 0 Å². The summed E-state index contributed by atoms with van der Waals surface area (Å²) in [7, 11) is 0. The largest absolute Gasteiger partial charge is 0.485 e. The molecule has 146 valence electrons. The van der Waals surface area contributed by atoms with Crippen molar-refractivity contribution >= 4 is 11.8 Å². The quantitative estimate of drug-likeness (QED) is 0.562. The van der Waals surface area contributed by atoms with E-state index in [0.29, 0.717) is 13.4 Å². The highest BCUT2D eigenvalue weighted by Crippen LogP contribution is 2.26. The Bertz CT molecular complexity index is 895. The lowest BCUT2D eigenvalue weighted by molar-refractivity contribution is -0.130. The molecule has 6 nitrogen and oxygen atoms in total. The van der Waals surface area contributed by atoms with Gasteiger partial charge < -0.3 is 14.2 Å². The predicted molar refractivity (Wildman–Crippen MR) is 108 cm³/mol. The number of aryl methyl sites for hydroxylation is 1. The third kappa shape index (κ3) is 4.55. The summed E-state index contributed by atoms with van der Waals surface area (Å²) in [6.45, 7) is 3.49. The molecule has 1 fully saturated rings. The van der Waals surface area contributed by atoms with Gasteiger partial charge in [-0.3, -0.25) is 4.57 Å². The average Bonchev–Trinajstić information content (AvgIpc) is 3.16. The van der Waals surface area contributed by atoms with Crippen LogP contribution in [-0.4, -0.2) is 40.0 Å². The van der Waals surface area contributed by atoms with Gasteiger partial charge in [0.2, 0.25) is 0 Å². The Kier molecular flexibility index (Phi) is 6.26. The van der Waals surface area contributed by atoms with Crippen LogP contribution in [0.2, 0.25) is 0 Å². The zero-order chi connectivity index (χ0) is 19.2. The zero-order valence-corrected chi connectivity index (χ0v) is 16.6. The van der Waals surface area contributed by atoms with E-state index in [2.05, 4.69) is 26.9 Å². The molecule has 0 aliphatic carbocycles. The Morgan fingerprint density at radius 3 is 2.71 bits per heavy atom. The smallest absolute Gasteiger partial charge is 0.196 e. The maximum Gasteiger partial charge on any atom is 0.196 e. The SMILES string of the molecule is Cc1ccccc1OCc1nnc(SC[C@H]2CCOCO2)n1-c1ccccc1. The van der Waals surface area contributed by atoms with Crippen LogP contribution in [-0.2, 0) is 16.1 Å². The minimum atomic E-state index is 0.173. The summed E-state index contributed by atoms with van der Waals surface area (Å²) in [4.78, 5) is 0. The van der Waals surface area contributed by atoms with Crippen molar-refractivity contribution < 1.29 is 14.2 Å². The van der Waals surface area contributed by atoms with E-state index in [4.69, 9.17) is 14.2 Å². The molecule has 28 heavy (non-hydrogen) atoms. The van der Waals surface area contributed by atoms with Gasteiger partial charge in [0.15, 0.2) is 11.0 Å². The molecule has 1 aliphatic rings. The number of hydrogen-bond donors (Lipinski definition) is 0. The Hall–Kier alpha value is -2.35. The first kappa shape index (κ1) is 19.0. The van der Waals surface area contributed by atoms with E-state index in [1.807, 2.05) is 49.4 Å². The van der Waals surface area contributed by atoms with Gasteiger partial charge >= 0.3 is 0 Å². The fraction of sp³-hybridized carbons (Fsp3) is 0.333. The van der Waals surface area contributed by atoms with E-state index < -0.39 is 0 Å². The van der Waals surface area contributed by atoms with Crippen molar-refractivity contribution in [1.29, 1.82) is 0 Å². The zero-order valence-electron chi connectivity index (χ0n) is 15.8. The first-order valence-electron chi connectivity index (χ1n) is 9.31. The molecule has 4 rings (SSSR count). The van der Waals surface area contributed by atoms with Gasteiger partial charge in [0.05, 0.1) is 12.7 Å². The number of ether oxygens (including phenoxy) is 3. The van der Waals surface area contributed by atoms with Crippen molar-refractivity contribution in [3.05, 3.63) is 66.0 Å². The molecule has 0 radical (unpaired) electrons. The number of rotatable bonds is 7. The average molecular weight is 398 g/mol.